The molecule has 0 spiro atoms. The summed E-state index contributed by atoms with van der Waals surface area (Å²) in [6.07, 6.45) is 4.91. The third-order valence-electron chi connectivity index (χ3n) is 3.80. The van der Waals surface area contributed by atoms with Crippen LogP contribution in [0.2, 0.25) is 0 Å². The number of methoxy groups -OCH3 is 1. The number of nitrogens with one attached hydrogen (secondary N) is 1. The average Bonchev–Trinajstić information content (AvgIpc) is 3.20. The van der Waals surface area contributed by atoms with Crippen LogP contribution in [0, 0.1) is 0 Å². The third-order valence-corrected chi connectivity index (χ3v) is 4.55. The Morgan fingerprint density at radius 1 is 1.14 bits per heavy atom. The van der Waals surface area contributed by atoms with Crippen molar-refractivity contribution in [1.82, 2.24) is 4.98 Å². The topological polar surface area (TPSA) is 60.5 Å². The minimum absolute atomic E-state index is 0.234. The molecule has 1 heterocycles. The molecule has 0 saturated carbocycles. The molecule has 6 heteroatoms. The van der Waals surface area contributed by atoms with Gasteiger partial charge in [0.25, 0.3) is 0 Å². The quantitative estimate of drug-likeness (QED) is 0.431. The summed E-state index contributed by atoms with van der Waals surface area (Å²) in [7, 11) is 1.63. The number of hydrogen-bond acceptors (Lipinski definition) is 5. The van der Waals surface area contributed by atoms with Gasteiger partial charge in [-0.05, 0) is 48.0 Å². The molecule has 3 rings (SSSR count). The largest absolute Gasteiger partial charge is 0.497 e. The van der Waals surface area contributed by atoms with Crippen LogP contribution in [0.5, 0.6) is 11.5 Å². The highest BCUT2D eigenvalue weighted by molar-refractivity contribution is 7.14. The molecular formula is C22H20N2O3S. The number of thiazole rings is 1. The van der Waals surface area contributed by atoms with Crippen LogP contribution in [0.15, 0.2) is 72.6 Å². The van der Waals surface area contributed by atoms with E-state index in [1.807, 2.05) is 53.9 Å². The molecule has 0 aliphatic carbocycles. The van der Waals surface area contributed by atoms with Crippen molar-refractivity contribution in [2.75, 3.05) is 19.0 Å². The molecule has 1 N–H and O–H groups in total. The number of amides is 1. The summed E-state index contributed by atoms with van der Waals surface area (Å²) in [5.41, 5.74) is 2.67. The lowest BCUT2D eigenvalue weighted by Crippen LogP contribution is -2.07. The Morgan fingerprint density at radius 3 is 2.54 bits per heavy atom. The number of aromatic nitrogens is 1. The lowest BCUT2D eigenvalue weighted by Gasteiger charge is -2.02. The van der Waals surface area contributed by atoms with Crippen molar-refractivity contribution in [3.63, 3.8) is 0 Å². The second-order valence-corrected chi connectivity index (χ2v) is 6.62. The molecule has 5 nitrogen and oxygen atoms in total. The zero-order valence-electron chi connectivity index (χ0n) is 15.4. The molecule has 1 aromatic heterocycles. The molecule has 0 saturated heterocycles. The first kappa shape index (κ1) is 19.4. The van der Waals surface area contributed by atoms with Gasteiger partial charge >= 0.3 is 0 Å². The van der Waals surface area contributed by atoms with Crippen LogP contribution in [0.25, 0.3) is 17.3 Å². The van der Waals surface area contributed by atoms with Gasteiger partial charge in [0.15, 0.2) is 5.13 Å². The van der Waals surface area contributed by atoms with Crippen molar-refractivity contribution < 1.29 is 14.3 Å². The number of carbonyl (C=O) groups excluding carboxylic acids is 1. The molecule has 0 aliphatic heterocycles. The second-order valence-electron chi connectivity index (χ2n) is 5.76. The van der Waals surface area contributed by atoms with Gasteiger partial charge in [0, 0.05) is 17.0 Å². The second kappa shape index (κ2) is 9.53. The first-order chi connectivity index (χ1) is 13.7. The van der Waals surface area contributed by atoms with E-state index in [1.165, 1.54) is 17.4 Å². The van der Waals surface area contributed by atoms with Gasteiger partial charge in [-0.15, -0.1) is 11.3 Å². The summed E-state index contributed by atoms with van der Waals surface area (Å²) >= 11 is 1.38. The molecule has 28 heavy (non-hydrogen) atoms. The highest BCUT2D eigenvalue weighted by Crippen LogP contribution is 2.26. The molecule has 0 radical (unpaired) electrons. The molecule has 3 aromatic rings. The molecule has 1 amide bonds. The maximum atomic E-state index is 12.1. The standard InChI is InChI=1S/C22H20N2O3S/c1-3-14-27-19-9-4-16(5-10-19)6-13-21(25)24-22-23-20(15-28-22)17-7-11-18(26-2)12-8-17/h3-13,15H,1,14H2,2H3,(H,23,24,25)/b13-6+. The molecular weight excluding hydrogens is 372 g/mol. The fourth-order valence-electron chi connectivity index (χ4n) is 2.37. The van der Waals surface area contributed by atoms with E-state index in [0.29, 0.717) is 11.7 Å². The first-order valence-electron chi connectivity index (χ1n) is 8.60. The predicted molar refractivity (Wildman–Crippen MR) is 114 cm³/mol. The average molecular weight is 392 g/mol. The van der Waals surface area contributed by atoms with E-state index in [9.17, 15) is 4.79 Å². The highest BCUT2D eigenvalue weighted by atomic mass is 32.1. The van der Waals surface area contributed by atoms with Crippen LogP contribution in [-0.2, 0) is 4.79 Å². The van der Waals surface area contributed by atoms with Gasteiger partial charge in [0.2, 0.25) is 5.91 Å². The molecule has 0 fully saturated rings. The zero-order chi connectivity index (χ0) is 19.8. The lowest BCUT2D eigenvalue weighted by atomic mass is 10.2. The van der Waals surface area contributed by atoms with Crippen LogP contribution in [0.4, 0.5) is 5.13 Å². The van der Waals surface area contributed by atoms with Gasteiger partial charge in [-0.3, -0.25) is 10.1 Å². The van der Waals surface area contributed by atoms with Gasteiger partial charge in [-0.1, -0.05) is 24.8 Å². The number of benzene rings is 2. The Labute approximate surface area is 168 Å². The van der Waals surface area contributed by atoms with Crippen molar-refractivity contribution in [3.05, 3.63) is 78.2 Å². The maximum Gasteiger partial charge on any atom is 0.250 e. The van der Waals surface area contributed by atoms with Crippen LogP contribution in [0.1, 0.15) is 5.56 Å². The lowest BCUT2D eigenvalue weighted by molar-refractivity contribution is -0.111. The van der Waals surface area contributed by atoms with E-state index < -0.39 is 0 Å². The number of carbonyl (C=O) groups is 1. The monoisotopic (exact) mass is 392 g/mol. The Bertz CT molecular complexity index is 960. The van der Waals surface area contributed by atoms with Gasteiger partial charge in [0.1, 0.15) is 18.1 Å². The van der Waals surface area contributed by atoms with Crippen molar-refractivity contribution in [1.29, 1.82) is 0 Å². The molecule has 0 unspecified atom stereocenters. The Morgan fingerprint density at radius 2 is 1.86 bits per heavy atom. The van der Waals surface area contributed by atoms with Crippen LogP contribution in [-0.4, -0.2) is 24.6 Å². The number of hydrogen-bond donors (Lipinski definition) is 1. The zero-order valence-corrected chi connectivity index (χ0v) is 16.2. The number of nitrogens with zero attached hydrogens (tertiary/aromatic N) is 1. The van der Waals surface area contributed by atoms with Crippen LogP contribution >= 0.6 is 11.3 Å². The summed E-state index contributed by atoms with van der Waals surface area (Å²) < 4.78 is 10.6. The van der Waals surface area contributed by atoms with Crippen LogP contribution in [0.3, 0.4) is 0 Å². The fourth-order valence-corrected chi connectivity index (χ4v) is 3.10. The van der Waals surface area contributed by atoms with Gasteiger partial charge in [-0.2, -0.15) is 0 Å². The van der Waals surface area contributed by atoms with Gasteiger partial charge in [0.05, 0.1) is 12.8 Å². The van der Waals surface area contributed by atoms with Gasteiger partial charge in [-0.25, -0.2) is 4.98 Å². The SMILES string of the molecule is C=CCOc1ccc(/C=C/C(=O)Nc2nc(-c3ccc(OC)cc3)cs2)cc1. The predicted octanol–water partition coefficient (Wildman–Crippen LogP) is 5.04. The van der Waals surface area contributed by atoms with Crippen molar-refractivity contribution >= 4 is 28.5 Å². The Balaban J connectivity index is 1.58. The summed E-state index contributed by atoms with van der Waals surface area (Å²) in [4.78, 5) is 16.6. The van der Waals surface area contributed by atoms with E-state index >= 15 is 0 Å². The molecule has 0 atom stereocenters. The summed E-state index contributed by atoms with van der Waals surface area (Å²) in [5.74, 6) is 1.32. The minimum Gasteiger partial charge on any atom is -0.497 e. The van der Waals surface area contributed by atoms with E-state index in [2.05, 4.69) is 16.9 Å². The highest BCUT2D eigenvalue weighted by Gasteiger charge is 2.06. The van der Waals surface area contributed by atoms with Crippen molar-refractivity contribution in [2.45, 2.75) is 0 Å². The van der Waals surface area contributed by atoms with Crippen molar-refractivity contribution in [2.24, 2.45) is 0 Å². The maximum absolute atomic E-state index is 12.1. The number of anilines is 1. The van der Waals surface area contributed by atoms with Crippen LogP contribution < -0.4 is 14.8 Å². The summed E-state index contributed by atoms with van der Waals surface area (Å²) in [6.45, 7) is 4.07. The van der Waals surface area contributed by atoms with E-state index in [-0.39, 0.29) is 5.91 Å². The molecule has 142 valence electrons. The van der Waals surface area contributed by atoms with Gasteiger partial charge < -0.3 is 9.47 Å². The molecule has 0 aliphatic rings. The molecule has 2 aromatic carbocycles. The van der Waals surface area contributed by atoms with E-state index in [0.717, 1.165) is 28.3 Å². The van der Waals surface area contributed by atoms with Crippen molar-refractivity contribution in [3.8, 4) is 22.8 Å². The third kappa shape index (κ3) is 5.31. The Hall–Kier alpha value is -3.38. The number of ether oxygens (including phenoxy) is 2. The van der Waals surface area contributed by atoms with E-state index in [1.54, 1.807) is 19.3 Å². The summed E-state index contributed by atoms with van der Waals surface area (Å²) in [6, 6.07) is 15.1. The number of rotatable bonds is 8. The Kier molecular flexibility index (Phi) is 6.59. The molecule has 0 bridgehead atoms. The fraction of sp³-hybridized carbons (Fsp3) is 0.0909. The summed E-state index contributed by atoms with van der Waals surface area (Å²) in [5, 5.41) is 5.24. The first-order valence-corrected chi connectivity index (χ1v) is 9.48. The smallest absolute Gasteiger partial charge is 0.250 e. The minimum atomic E-state index is -0.234. The van der Waals surface area contributed by atoms with E-state index in [4.69, 9.17) is 9.47 Å². The normalized spacial score (nSPS) is 10.6.